The molecule has 4 nitrogen and oxygen atoms in total. The van der Waals surface area contributed by atoms with Crippen LogP contribution in [0.1, 0.15) is 35.2 Å². The lowest BCUT2D eigenvalue weighted by atomic mass is 10.1. The molecule has 0 saturated heterocycles. The van der Waals surface area contributed by atoms with Gasteiger partial charge in [-0.15, -0.1) is 11.3 Å². The minimum atomic E-state index is 0.833. The van der Waals surface area contributed by atoms with Crippen LogP contribution in [0.5, 0.6) is 0 Å². The van der Waals surface area contributed by atoms with Crippen molar-refractivity contribution >= 4 is 11.3 Å². The van der Waals surface area contributed by atoms with E-state index >= 15 is 0 Å². The fourth-order valence-electron chi connectivity index (χ4n) is 2.23. The first kappa shape index (κ1) is 14.2. The molecule has 19 heavy (non-hydrogen) atoms. The molecule has 2 aromatic rings. The van der Waals surface area contributed by atoms with Crippen LogP contribution >= 0.6 is 11.3 Å². The highest BCUT2D eigenvalue weighted by atomic mass is 32.1. The van der Waals surface area contributed by atoms with Gasteiger partial charge in [-0.3, -0.25) is 9.67 Å². The Morgan fingerprint density at radius 3 is 2.84 bits per heavy atom. The Morgan fingerprint density at radius 1 is 1.32 bits per heavy atom. The molecule has 0 spiro atoms. The Balaban J connectivity index is 2.02. The van der Waals surface area contributed by atoms with Crippen molar-refractivity contribution in [1.82, 2.24) is 20.1 Å². The Morgan fingerprint density at radius 2 is 2.16 bits per heavy atom. The molecular formula is C14H22N4S. The minimum Gasteiger partial charge on any atom is -0.316 e. The molecule has 0 atom stereocenters. The van der Waals surface area contributed by atoms with Gasteiger partial charge in [0.2, 0.25) is 0 Å². The molecular weight excluding hydrogens is 256 g/mol. The van der Waals surface area contributed by atoms with Gasteiger partial charge in [-0.2, -0.15) is 5.10 Å². The smallest absolute Gasteiger partial charge is 0.0794 e. The zero-order valence-electron chi connectivity index (χ0n) is 11.9. The van der Waals surface area contributed by atoms with E-state index in [1.807, 2.05) is 11.7 Å². The minimum absolute atomic E-state index is 0.833. The number of nitrogens with zero attached hydrogens (tertiary/aromatic N) is 3. The van der Waals surface area contributed by atoms with E-state index in [1.54, 1.807) is 11.3 Å². The molecule has 0 aromatic carbocycles. The molecule has 0 saturated carbocycles. The van der Waals surface area contributed by atoms with Gasteiger partial charge < -0.3 is 5.32 Å². The fourth-order valence-corrected chi connectivity index (χ4v) is 2.81. The summed E-state index contributed by atoms with van der Waals surface area (Å²) in [5.41, 5.74) is 5.69. The van der Waals surface area contributed by atoms with Crippen LogP contribution in [-0.2, 0) is 13.0 Å². The molecule has 104 valence electrons. The summed E-state index contributed by atoms with van der Waals surface area (Å²) in [6.45, 7) is 9.41. The zero-order valence-corrected chi connectivity index (χ0v) is 12.8. The van der Waals surface area contributed by atoms with Crippen molar-refractivity contribution in [3.8, 4) is 0 Å². The van der Waals surface area contributed by atoms with Crippen molar-refractivity contribution in [3.05, 3.63) is 33.5 Å². The van der Waals surface area contributed by atoms with Crippen LogP contribution in [-0.4, -0.2) is 27.9 Å². The number of aromatic nitrogens is 3. The molecule has 0 fully saturated rings. The normalized spacial score (nSPS) is 11.1. The van der Waals surface area contributed by atoms with E-state index in [9.17, 15) is 0 Å². The molecule has 0 bridgehead atoms. The SMILES string of the molecule is CCCNCCc1c(C)nn(Cc2cncs2)c1C. The number of thiazole rings is 1. The molecule has 0 amide bonds. The predicted molar refractivity (Wildman–Crippen MR) is 79.8 cm³/mol. The van der Waals surface area contributed by atoms with Crippen LogP contribution in [0.3, 0.4) is 0 Å². The van der Waals surface area contributed by atoms with Crippen LogP contribution in [0.15, 0.2) is 11.7 Å². The number of rotatable bonds is 7. The Labute approximate surface area is 118 Å². The van der Waals surface area contributed by atoms with Gasteiger partial charge in [0.05, 0.1) is 17.7 Å². The molecule has 0 aliphatic rings. The van der Waals surface area contributed by atoms with Crippen molar-refractivity contribution in [1.29, 1.82) is 0 Å². The summed E-state index contributed by atoms with van der Waals surface area (Å²) < 4.78 is 2.10. The summed E-state index contributed by atoms with van der Waals surface area (Å²) in [6, 6.07) is 0. The zero-order chi connectivity index (χ0) is 13.7. The highest BCUT2D eigenvalue weighted by molar-refractivity contribution is 7.09. The van der Waals surface area contributed by atoms with Crippen molar-refractivity contribution in [2.75, 3.05) is 13.1 Å². The molecule has 2 aromatic heterocycles. The quantitative estimate of drug-likeness (QED) is 0.792. The maximum Gasteiger partial charge on any atom is 0.0794 e. The number of hydrogen-bond donors (Lipinski definition) is 1. The lowest BCUT2D eigenvalue weighted by Gasteiger charge is -2.05. The summed E-state index contributed by atoms with van der Waals surface area (Å²) >= 11 is 1.68. The van der Waals surface area contributed by atoms with E-state index in [2.05, 4.69) is 40.9 Å². The summed E-state index contributed by atoms with van der Waals surface area (Å²) in [7, 11) is 0. The standard InChI is InChI=1S/C14H22N4S/c1-4-6-15-7-5-14-11(2)17-18(12(14)3)9-13-8-16-10-19-13/h8,10,15H,4-7,9H2,1-3H3. The van der Waals surface area contributed by atoms with Gasteiger partial charge in [-0.25, -0.2) is 0 Å². The number of nitrogens with one attached hydrogen (secondary N) is 1. The third-order valence-corrected chi connectivity index (χ3v) is 4.06. The summed E-state index contributed by atoms with van der Waals surface area (Å²) in [4.78, 5) is 5.37. The first-order valence-electron chi connectivity index (χ1n) is 6.83. The van der Waals surface area contributed by atoms with Gasteiger partial charge >= 0.3 is 0 Å². The largest absolute Gasteiger partial charge is 0.316 e. The van der Waals surface area contributed by atoms with E-state index in [-0.39, 0.29) is 0 Å². The van der Waals surface area contributed by atoms with E-state index in [0.717, 1.165) is 31.7 Å². The average Bonchev–Trinajstić information content (AvgIpc) is 2.98. The van der Waals surface area contributed by atoms with Crippen LogP contribution in [0.25, 0.3) is 0 Å². The second kappa shape index (κ2) is 6.82. The van der Waals surface area contributed by atoms with Crippen LogP contribution < -0.4 is 5.32 Å². The molecule has 1 N–H and O–H groups in total. The first-order chi connectivity index (χ1) is 9.22. The van der Waals surface area contributed by atoms with Gasteiger partial charge in [0.25, 0.3) is 0 Å². The highest BCUT2D eigenvalue weighted by Crippen LogP contribution is 2.16. The first-order valence-corrected chi connectivity index (χ1v) is 7.71. The van der Waals surface area contributed by atoms with E-state index in [1.165, 1.54) is 22.6 Å². The van der Waals surface area contributed by atoms with Crippen molar-refractivity contribution in [2.24, 2.45) is 0 Å². The fraction of sp³-hybridized carbons (Fsp3) is 0.571. The molecule has 2 heterocycles. The lowest BCUT2D eigenvalue weighted by molar-refractivity contribution is 0.657. The third kappa shape index (κ3) is 3.64. The lowest BCUT2D eigenvalue weighted by Crippen LogP contribution is -2.18. The van der Waals surface area contributed by atoms with Crippen LogP contribution in [0.4, 0.5) is 0 Å². The maximum absolute atomic E-state index is 4.65. The molecule has 5 heteroatoms. The molecule has 0 radical (unpaired) electrons. The molecule has 0 unspecified atom stereocenters. The summed E-state index contributed by atoms with van der Waals surface area (Å²) in [6.07, 6.45) is 4.16. The van der Waals surface area contributed by atoms with E-state index < -0.39 is 0 Å². The maximum atomic E-state index is 4.65. The second-order valence-corrected chi connectivity index (χ2v) is 5.75. The number of hydrogen-bond acceptors (Lipinski definition) is 4. The Bertz CT molecular complexity index is 502. The Kier molecular flexibility index (Phi) is 5.10. The van der Waals surface area contributed by atoms with Gasteiger partial charge in [0, 0.05) is 16.8 Å². The topological polar surface area (TPSA) is 42.7 Å². The summed E-state index contributed by atoms with van der Waals surface area (Å²) in [5.74, 6) is 0. The molecule has 2 rings (SSSR count). The van der Waals surface area contributed by atoms with Crippen molar-refractivity contribution in [2.45, 2.75) is 40.2 Å². The molecule has 0 aliphatic carbocycles. The van der Waals surface area contributed by atoms with Gasteiger partial charge in [0.1, 0.15) is 0 Å². The van der Waals surface area contributed by atoms with Gasteiger partial charge in [-0.05, 0) is 45.3 Å². The van der Waals surface area contributed by atoms with Crippen molar-refractivity contribution < 1.29 is 0 Å². The highest BCUT2D eigenvalue weighted by Gasteiger charge is 2.11. The van der Waals surface area contributed by atoms with E-state index in [4.69, 9.17) is 0 Å². The predicted octanol–water partition coefficient (Wildman–Crippen LogP) is 2.55. The second-order valence-electron chi connectivity index (χ2n) is 4.77. The molecule has 0 aliphatic heterocycles. The average molecular weight is 278 g/mol. The van der Waals surface area contributed by atoms with E-state index in [0.29, 0.717) is 0 Å². The van der Waals surface area contributed by atoms with Crippen molar-refractivity contribution in [3.63, 3.8) is 0 Å². The van der Waals surface area contributed by atoms with Crippen LogP contribution in [0.2, 0.25) is 0 Å². The Hall–Kier alpha value is -1.20. The van der Waals surface area contributed by atoms with Gasteiger partial charge in [0.15, 0.2) is 0 Å². The monoisotopic (exact) mass is 278 g/mol. The summed E-state index contributed by atoms with van der Waals surface area (Å²) in [5, 5.41) is 8.10. The van der Waals surface area contributed by atoms with Crippen LogP contribution in [0, 0.1) is 13.8 Å². The third-order valence-electron chi connectivity index (χ3n) is 3.30. The van der Waals surface area contributed by atoms with Gasteiger partial charge in [-0.1, -0.05) is 6.92 Å². The number of aryl methyl sites for hydroxylation is 1.